The predicted molar refractivity (Wildman–Crippen MR) is 78.7 cm³/mol. The topological polar surface area (TPSA) is 49.0 Å². The Morgan fingerprint density at radius 2 is 2.00 bits per heavy atom. The Bertz CT molecular complexity index is 717. The molecule has 1 aromatic heterocycles. The maximum atomic E-state index is 14.3. The van der Waals surface area contributed by atoms with Gasteiger partial charge in [0.25, 0.3) is 5.91 Å². The van der Waals surface area contributed by atoms with Crippen molar-refractivity contribution in [2.45, 2.75) is 27.2 Å². The second-order valence-electron chi connectivity index (χ2n) is 5.61. The number of amides is 1. The third-order valence-corrected chi connectivity index (χ3v) is 4.20. The van der Waals surface area contributed by atoms with E-state index in [0.717, 1.165) is 30.8 Å². The zero-order chi connectivity index (χ0) is 15.1. The van der Waals surface area contributed by atoms with Crippen molar-refractivity contribution in [1.29, 1.82) is 0 Å². The Hall–Kier alpha value is -2.17. The van der Waals surface area contributed by atoms with E-state index in [2.05, 4.69) is 10.2 Å². The number of aromatic amines is 1. The van der Waals surface area contributed by atoms with E-state index in [1.807, 2.05) is 13.8 Å². The second-order valence-corrected chi connectivity index (χ2v) is 5.61. The highest BCUT2D eigenvalue weighted by Crippen LogP contribution is 2.29. The van der Waals surface area contributed by atoms with Crippen LogP contribution in [0.3, 0.4) is 0 Å². The zero-order valence-electron chi connectivity index (χ0n) is 12.5. The largest absolute Gasteiger partial charge is 0.339 e. The molecule has 2 aromatic rings. The summed E-state index contributed by atoms with van der Waals surface area (Å²) in [6.45, 7) is 7.12. The van der Waals surface area contributed by atoms with Crippen molar-refractivity contribution < 1.29 is 9.18 Å². The number of carbonyl (C=O) groups is 1. The van der Waals surface area contributed by atoms with Gasteiger partial charge in [0.15, 0.2) is 0 Å². The van der Waals surface area contributed by atoms with Crippen LogP contribution in [0.25, 0.3) is 11.3 Å². The number of halogens is 1. The van der Waals surface area contributed by atoms with Gasteiger partial charge in [-0.15, -0.1) is 0 Å². The summed E-state index contributed by atoms with van der Waals surface area (Å²) in [7, 11) is 0. The van der Waals surface area contributed by atoms with Crippen LogP contribution in [-0.4, -0.2) is 34.1 Å². The van der Waals surface area contributed by atoms with Gasteiger partial charge < -0.3 is 4.90 Å². The average molecular weight is 287 g/mol. The Morgan fingerprint density at radius 1 is 1.29 bits per heavy atom. The van der Waals surface area contributed by atoms with Gasteiger partial charge in [-0.25, -0.2) is 4.39 Å². The van der Waals surface area contributed by atoms with Crippen LogP contribution < -0.4 is 0 Å². The lowest BCUT2D eigenvalue weighted by Gasteiger charge is -2.31. The Balaban J connectivity index is 2.09. The third-order valence-electron chi connectivity index (χ3n) is 4.20. The molecule has 1 aliphatic rings. The molecule has 1 aromatic carbocycles. The number of nitrogens with one attached hydrogen (secondary N) is 1. The average Bonchev–Trinajstić information content (AvgIpc) is 2.68. The molecule has 1 amide bonds. The molecule has 0 saturated carbocycles. The molecule has 2 heterocycles. The fourth-order valence-electron chi connectivity index (χ4n) is 2.52. The summed E-state index contributed by atoms with van der Waals surface area (Å²) < 4.78 is 14.3. The van der Waals surface area contributed by atoms with Gasteiger partial charge in [-0.1, -0.05) is 0 Å². The van der Waals surface area contributed by atoms with Crippen LogP contribution in [-0.2, 0) is 0 Å². The first-order valence-electron chi connectivity index (χ1n) is 7.10. The number of rotatable bonds is 2. The Labute approximate surface area is 123 Å². The van der Waals surface area contributed by atoms with E-state index in [1.165, 1.54) is 6.07 Å². The molecule has 0 atom stereocenters. The van der Waals surface area contributed by atoms with E-state index >= 15 is 0 Å². The quantitative estimate of drug-likeness (QED) is 0.923. The molecular weight excluding hydrogens is 269 g/mol. The molecule has 0 unspecified atom stereocenters. The predicted octanol–water partition coefficient (Wildman–Crippen LogP) is 2.99. The van der Waals surface area contributed by atoms with Gasteiger partial charge in [0.05, 0.1) is 5.69 Å². The molecule has 0 bridgehead atoms. The maximum absolute atomic E-state index is 14.3. The van der Waals surface area contributed by atoms with Crippen LogP contribution in [0.2, 0.25) is 0 Å². The molecule has 4 nitrogen and oxygen atoms in total. The van der Waals surface area contributed by atoms with Crippen molar-refractivity contribution in [3.8, 4) is 11.3 Å². The SMILES string of the molecule is Cc1cc(F)c(-c2n[nH]c(C)c2C)cc1C(=O)N1CCC1. The number of carbonyl (C=O) groups excluding carboxylic acids is 1. The van der Waals surface area contributed by atoms with Crippen LogP contribution in [0.1, 0.15) is 33.6 Å². The van der Waals surface area contributed by atoms with Crippen molar-refractivity contribution >= 4 is 5.91 Å². The van der Waals surface area contributed by atoms with Crippen LogP contribution >= 0.6 is 0 Å². The molecule has 0 radical (unpaired) electrons. The van der Waals surface area contributed by atoms with Crippen molar-refractivity contribution in [3.05, 3.63) is 40.3 Å². The van der Waals surface area contributed by atoms with Crippen molar-refractivity contribution in [2.24, 2.45) is 0 Å². The molecular formula is C16H18FN3O. The normalized spacial score (nSPS) is 14.2. The highest BCUT2D eigenvalue weighted by molar-refractivity contribution is 5.97. The van der Waals surface area contributed by atoms with Gasteiger partial charge in [-0.3, -0.25) is 9.89 Å². The second kappa shape index (κ2) is 4.98. The number of nitrogens with zero attached hydrogens (tertiary/aromatic N) is 2. The van der Waals surface area contributed by atoms with Crippen LogP contribution in [0.5, 0.6) is 0 Å². The lowest BCUT2D eigenvalue weighted by atomic mass is 9.98. The van der Waals surface area contributed by atoms with E-state index in [1.54, 1.807) is 17.9 Å². The van der Waals surface area contributed by atoms with Crippen LogP contribution in [0.15, 0.2) is 12.1 Å². The number of H-pyrrole nitrogens is 1. The van der Waals surface area contributed by atoms with E-state index < -0.39 is 0 Å². The van der Waals surface area contributed by atoms with Gasteiger partial charge in [0.1, 0.15) is 5.82 Å². The molecule has 1 N–H and O–H groups in total. The van der Waals surface area contributed by atoms with Crippen molar-refractivity contribution in [1.82, 2.24) is 15.1 Å². The fourth-order valence-corrected chi connectivity index (χ4v) is 2.52. The number of likely N-dealkylation sites (tertiary alicyclic amines) is 1. The Morgan fingerprint density at radius 3 is 2.52 bits per heavy atom. The lowest BCUT2D eigenvalue weighted by Crippen LogP contribution is -2.42. The summed E-state index contributed by atoms with van der Waals surface area (Å²) in [5, 5.41) is 7.02. The van der Waals surface area contributed by atoms with E-state index in [-0.39, 0.29) is 11.7 Å². The first-order valence-corrected chi connectivity index (χ1v) is 7.10. The summed E-state index contributed by atoms with van der Waals surface area (Å²) in [4.78, 5) is 14.2. The molecule has 3 rings (SSSR count). The minimum Gasteiger partial charge on any atom is -0.339 e. The van der Waals surface area contributed by atoms with E-state index in [4.69, 9.17) is 0 Å². The van der Waals surface area contributed by atoms with Crippen LogP contribution in [0, 0.1) is 26.6 Å². The van der Waals surface area contributed by atoms with Gasteiger partial charge in [-0.2, -0.15) is 5.10 Å². The first kappa shape index (κ1) is 13.8. The van der Waals surface area contributed by atoms with Gasteiger partial charge in [0, 0.05) is 29.9 Å². The fraction of sp³-hybridized carbons (Fsp3) is 0.375. The minimum atomic E-state index is -0.345. The summed E-state index contributed by atoms with van der Waals surface area (Å²) in [6.07, 6.45) is 1.04. The number of aryl methyl sites for hydroxylation is 2. The molecule has 1 saturated heterocycles. The highest BCUT2D eigenvalue weighted by Gasteiger charge is 2.25. The smallest absolute Gasteiger partial charge is 0.254 e. The van der Waals surface area contributed by atoms with E-state index in [9.17, 15) is 9.18 Å². The van der Waals surface area contributed by atoms with Crippen molar-refractivity contribution in [2.75, 3.05) is 13.1 Å². The number of benzene rings is 1. The molecule has 0 aliphatic carbocycles. The third kappa shape index (κ3) is 2.22. The molecule has 1 fully saturated rings. The minimum absolute atomic E-state index is 0.0232. The molecule has 5 heteroatoms. The summed E-state index contributed by atoms with van der Waals surface area (Å²) in [6, 6.07) is 3.06. The summed E-state index contributed by atoms with van der Waals surface area (Å²) >= 11 is 0. The monoisotopic (exact) mass is 287 g/mol. The van der Waals surface area contributed by atoms with Gasteiger partial charge in [-0.05, 0) is 50.5 Å². The summed E-state index contributed by atoms with van der Waals surface area (Å²) in [5.74, 6) is -0.368. The lowest BCUT2D eigenvalue weighted by molar-refractivity contribution is 0.0651. The Kier molecular flexibility index (Phi) is 3.27. The molecule has 110 valence electrons. The van der Waals surface area contributed by atoms with Gasteiger partial charge in [0.2, 0.25) is 0 Å². The first-order chi connectivity index (χ1) is 9.99. The number of hydrogen-bond donors (Lipinski definition) is 1. The molecule has 21 heavy (non-hydrogen) atoms. The standard InChI is InChI=1S/C16H18FN3O/c1-9-7-14(17)13(15-10(2)11(3)18-19-15)8-12(9)16(21)20-5-4-6-20/h7-8H,4-6H2,1-3H3,(H,18,19). The zero-order valence-corrected chi connectivity index (χ0v) is 12.5. The van der Waals surface area contributed by atoms with E-state index in [0.29, 0.717) is 22.4 Å². The van der Waals surface area contributed by atoms with Gasteiger partial charge >= 0.3 is 0 Å². The molecule has 0 spiro atoms. The van der Waals surface area contributed by atoms with Crippen LogP contribution in [0.4, 0.5) is 4.39 Å². The number of hydrogen-bond acceptors (Lipinski definition) is 2. The highest BCUT2D eigenvalue weighted by atomic mass is 19.1. The maximum Gasteiger partial charge on any atom is 0.254 e. The number of aromatic nitrogens is 2. The molecule has 1 aliphatic heterocycles. The summed E-state index contributed by atoms with van der Waals surface area (Å²) in [5.41, 5.74) is 3.99. The van der Waals surface area contributed by atoms with Crippen molar-refractivity contribution in [3.63, 3.8) is 0 Å².